The molecule has 0 bridgehead atoms. The molecule has 0 amide bonds. The van der Waals surface area contributed by atoms with Gasteiger partial charge in [-0.2, -0.15) is 0 Å². The van der Waals surface area contributed by atoms with E-state index in [0.717, 1.165) is 29.2 Å². The Morgan fingerprint density at radius 3 is 2.50 bits per heavy atom. The standard InChI is InChI=1S/C16H18ClNO2/c1-18-10-13-4-3-5-15(17)16(13)20-11-12-6-8-14(19-2)9-7-12/h3-9,18H,10-11H2,1-2H3. The molecule has 0 saturated carbocycles. The molecule has 0 aliphatic rings. The van der Waals surface area contributed by atoms with Crippen LogP contribution in [-0.2, 0) is 13.2 Å². The quantitative estimate of drug-likeness (QED) is 0.881. The minimum absolute atomic E-state index is 0.477. The Bertz CT molecular complexity index is 555. The van der Waals surface area contributed by atoms with Gasteiger partial charge in [-0.05, 0) is 30.8 Å². The lowest BCUT2D eigenvalue weighted by atomic mass is 10.2. The summed E-state index contributed by atoms with van der Waals surface area (Å²) in [5.74, 6) is 1.57. The molecule has 0 saturated heterocycles. The van der Waals surface area contributed by atoms with Crippen LogP contribution in [0.4, 0.5) is 0 Å². The van der Waals surface area contributed by atoms with E-state index >= 15 is 0 Å². The third kappa shape index (κ3) is 3.65. The maximum Gasteiger partial charge on any atom is 0.142 e. The molecular weight excluding hydrogens is 274 g/mol. The SMILES string of the molecule is CNCc1cccc(Cl)c1OCc1ccc(OC)cc1. The zero-order valence-corrected chi connectivity index (χ0v) is 12.4. The minimum Gasteiger partial charge on any atom is -0.497 e. The number of methoxy groups -OCH3 is 1. The number of ether oxygens (including phenoxy) is 2. The Morgan fingerprint density at radius 2 is 1.85 bits per heavy atom. The maximum atomic E-state index is 6.21. The van der Waals surface area contributed by atoms with Crippen LogP contribution in [0.2, 0.25) is 5.02 Å². The smallest absolute Gasteiger partial charge is 0.142 e. The Kier molecular flexibility index (Phi) is 5.27. The van der Waals surface area contributed by atoms with E-state index in [1.54, 1.807) is 7.11 Å². The van der Waals surface area contributed by atoms with Gasteiger partial charge < -0.3 is 14.8 Å². The number of hydrogen-bond donors (Lipinski definition) is 1. The first kappa shape index (κ1) is 14.7. The molecule has 2 aromatic carbocycles. The zero-order valence-electron chi connectivity index (χ0n) is 11.7. The maximum absolute atomic E-state index is 6.21. The first-order valence-electron chi connectivity index (χ1n) is 6.42. The summed E-state index contributed by atoms with van der Waals surface area (Å²) < 4.78 is 11.0. The molecule has 0 unspecified atom stereocenters. The van der Waals surface area contributed by atoms with Crippen molar-refractivity contribution in [2.45, 2.75) is 13.2 Å². The van der Waals surface area contributed by atoms with Gasteiger partial charge in [0.05, 0.1) is 12.1 Å². The summed E-state index contributed by atoms with van der Waals surface area (Å²) in [6.45, 7) is 1.20. The van der Waals surface area contributed by atoms with E-state index in [4.69, 9.17) is 21.1 Å². The van der Waals surface area contributed by atoms with Gasteiger partial charge in [0.25, 0.3) is 0 Å². The van der Waals surface area contributed by atoms with Gasteiger partial charge in [-0.25, -0.2) is 0 Å². The van der Waals surface area contributed by atoms with Gasteiger partial charge in [0.1, 0.15) is 18.1 Å². The van der Waals surface area contributed by atoms with Crippen molar-refractivity contribution < 1.29 is 9.47 Å². The topological polar surface area (TPSA) is 30.5 Å². The highest BCUT2D eigenvalue weighted by atomic mass is 35.5. The van der Waals surface area contributed by atoms with Gasteiger partial charge >= 0.3 is 0 Å². The summed E-state index contributed by atoms with van der Waals surface area (Å²) in [7, 11) is 3.55. The number of benzene rings is 2. The summed E-state index contributed by atoms with van der Waals surface area (Å²) in [5.41, 5.74) is 2.12. The van der Waals surface area contributed by atoms with Crippen LogP contribution in [0.3, 0.4) is 0 Å². The van der Waals surface area contributed by atoms with Crippen molar-refractivity contribution in [3.05, 3.63) is 58.6 Å². The van der Waals surface area contributed by atoms with Crippen molar-refractivity contribution in [2.24, 2.45) is 0 Å². The Morgan fingerprint density at radius 1 is 1.10 bits per heavy atom. The van der Waals surface area contributed by atoms with Gasteiger partial charge in [0.15, 0.2) is 0 Å². The summed E-state index contributed by atoms with van der Waals surface area (Å²) in [5, 5.41) is 3.74. The molecule has 0 spiro atoms. The van der Waals surface area contributed by atoms with E-state index in [9.17, 15) is 0 Å². The number of rotatable bonds is 6. The van der Waals surface area contributed by atoms with E-state index < -0.39 is 0 Å². The highest BCUT2D eigenvalue weighted by molar-refractivity contribution is 6.32. The molecule has 106 valence electrons. The van der Waals surface area contributed by atoms with Crippen LogP contribution < -0.4 is 14.8 Å². The van der Waals surface area contributed by atoms with Crippen LogP contribution in [0.5, 0.6) is 11.5 Å². The van der Waals surface area contributed by atoms with Gasteiger partial charge in [-0.3, -0.25) is 0 Å². The highest BCUT2D eigenvalue weighted by Gasteiger charge is 2.08. The summed E-state index contributed by atoms with van der Waals surface area (Å²) in [4.78, 5) is 0. The van der Waals surface area contributed by atoms with Crippen molar-refractivity contribution in [1.82, 2.24) is 5.32 Å². The second-order valence-electron chi connectivity index (χ2n) is 4.40. The van der Waals surface area contributed by atoms with Crippen molar-refractivity contribution in [3.63, 3.8) is 0 Å². The fourth-order valence-electron chi connectivity index (χ4n) is 1.92. The van der Waals surface area contributed by atoms with Crippen LogP contribution >= 0.6 is 11.6 Å². The molecule has 3 nitrogen and oxygen atoms in total. The first-order chi connectivity index (χ1) is 9.74. The molecule has 1 N–H and O–H groups in total. The van der Waals surface area contributed by atoms with Crippen LogP contribution in [0, 0.1) is 0 Å². The van der Waals surface area contributed by atoms with Crippen LogP contribution in [0.15, 0.2) is 42.5 Å². The second-order valence-corrected chi connectivity index (χ2v) is 4.80. The van der Waals surface area contributed by atoms with Crippen molar-refractivity contribution in [2.75, 3.05) is 14.2 Å². The largest absolute Gasteiger partial charge is 0.497 e. The second kappa shape index (κ2) is 7.17. The van der Waals surface area contributed by atoms with Gasteiger partial charge in [0.2, 0.25) is 0 Å². The number of nitrogens with one attached hydrogen (secondary N) is 1. The minimum atomic E-state index is 0.477. The van der Waals surface area contributed by atoms with Gasteiger partial charge in [-0.1, -0.05) is 35.9 Å². The van der Waals surface area contributed by atoms with Crippen molar-refractivity contribution in [1.29, 1.82) is 0 Å². The van der Waals surface area contributed by atoms with E-state index in [2.05, 4.69) is 5.32 Å². The molecule has 0 aromatic heterocycles. The van der Waals surface area contributed by atoms with Crippen LogP contribution in [0.1, 0.15) is 11.1 Å². The molecule has 0 aliphatic carbocycles. The fraction of sp³-hybridized carbons (Fsp3) is 0.250. The average molecular weight is 292 g/mol. The number of para-hydroxylation sites is 1. The van der Waals surface area contributed by atoms with Gasteiger partial charge in [-0.15, -0.1) is 0 Å². The molecular formula is C16H18ClNO2. The molecule has 20 heavy (non-hydrogen) atoms. The molecule has 2 rings (SSSR count). The summed E-state index contributed by atoms with van der Waals surface area (Å²) >= 11 is 6.21. The lowest BCUT2D eigenvalue weighted by Gasteiger charge is -2.13. The van der Waals surface area contributed by atoms with E-state index in [-0.39, 0.29) is 0 Å². The zero-order chi connectivity index (χ0) is 14.4. The van der Waals surface area contributed by atoms with E-state index in [1.807, 2.05) is 49.5 Å². The fourth-order valence-corrected chi connectivity index (χ4v) is 2.17. The Balaban J connectivity index is 2.09. The Labute approximate surface area is 124 Å². The van der Waals surface area contributed by atoms with E-state index in [0.29, 0.717) is 11.6 Å². The normalized spacial score (nSPS) is 10.3. The molecule has 0 radical (unpaired) electrons. The number of halogens is 1. The summed E-state index contributed by atoms with van der Waals surface area (Å²) in [6.07, 6.45) is 0. The molecule has 0 heterocycles. The molecule has 2 aromatic rings. The average Bonchev–Trinajstić information content (AvgIpc) is 2.47. The monoisotopic (exact) mass is 291 g/mol. The van der Waals surface area contributed by atoms with Crippen LogP contribution in [0.25, 0.3) is 0 Å². The lowest BCUT2D eigenvalue weighted by Crippen LogP contribution is -2.08. The van der Waals surface area contributed by atoms with E-state index in [1.165, 1.54) is 0 Å². The predicted octanol–water partition coefficient (Wildman–Crippen LogP) is 3.65. The number of hydrogen-bond acceptors (Lipinski definition) is 3. The third-order valence-electron chi connectivity index (χ3n) is 2.96. The van der Waals surface area contributed by atoms with Crippen molar-refractivity contribution in [3.8, 4) is 11.5 Å². The van der Waals surface area contributed by atoms with Crippen molar-refractivity contribution >= 4 is 11.6 Å². The molecule has 0 atom stereocenters. The predicted molar refractivity (Wildman–Crippen MR) is 81.5 cm³/mol. The summed E-state index contributed by atoms with van der Waals surface area (Å²) in [6, 6.07) is 13.6. The molecule has 4 heteroatoms. The first-order valence-corrected chi connectivity index (χ1v) is 6.80. The van der Waals surface area contributed by atoms with Crippen LogP contribution in [-0.4, -0.2) is 14.2 Å². The Hall–Kier alpha value is -1.71. The molecule has 0 fully saturated rings. The highest BCUT2D eigenvalue weighted by Crippen LogP contribution is 2.29. The van der Waals surface area contributed by atoms with Gasteiger partial charge in [0, 0.05) is 12.1 Å². The third-order valence-corrected chi connectivity index (χ3v) is 3.26. The molecule has 0 aliphatic heterocycles. The lowest BCUT2D eigenvalue weighted by molar-refractivity contribution is 0.302.